The van der Waals surface area contributed by atoms with E-state index in [9.17, 15) is 14.4 Å². The van der Waals surface area contributed by atoms with Gasteiger partial charge in [0, 0.05) is 0 Å². The molecule has 0 aromatic heterocycles. The van der Waals surface area contributed by atoms with Crippen molar-refractivity contribution in [2.24, 2.45) is 10.3 Å². The van der Waals surface area contributed by atoms with Crippen molar-refractivity contribution in [2.75, 3.05) is 0 Å². The van der Waals surface area contributed by atoms with Crippen molar-refractivity contribution in [3.05, 3.63) is 0 Å². The topological polar surface area (TPSA) is 112 Å². The Morgan fingerprint density at radius 3 is 2.83 bits per heavy atom. The lowest BCUT2D eigenvalue weighted by Gasteiger charge is -2.07. The van der Waals surface area contributed by atoms with E-state index in [1.165, 1.54) is 6.07 Å². The molecule has 0 bridgehead atoms. The summed E-state index contributed by atoms with van der Waals surface area (Å²) in [6.45, 7) is 0. The fourth-order valence-corrected chi connectivity index (χ4v) is 0.596. The van der Waals surface area contributed by atoms with Crippen molar-refractivity contribution >= 4 is 17.5 Å². The number of hydrogen-bond acceptors (Lipinski definition) is 6. The Balaban J connectivity index is 2.93. The lowest BCUT2D eigenvalue weighted by molar-refractivity contribution is -0.141. The Kier molecular flexibility index (Phi) is 1.92. The molecule has 0 aromatic rings. The van der Waals surface area contributed by atoms with Gasteiger partial charge >= 0.3 is 5.91 Å². The van der Waals surface area contributed by atoms with Gasteiger partial charge in [0.1, 0.15) is 6.07 Å². The molecule has 0 aromatic carbocycles. The Morgan fingerprint density at radius 1 is 1.58 bits per heavy atom. The van der Waals surface area contributed by atoms with Gasteiger partial charge < -0.3 is 0 Å². The average Bonchev–Trinajstić information content (AvgIpc) is 2.08. The number of rotatable bonds is 1. The van der Waals surface area contributed by atoms with Gasteiger partial charge in [-0.05, 0) is 0 Å². The first-order valence-electron chi connectivity index (χ1n) is 2.85. The van der Waals surface area contributed by atoms with Crippen LogP contribution < -0.4 is 5.43 Å². The zero-order valence-electron chi connectivity index (χ0n) is 5.64. The summed E-state index contributed by atoms with van der Waals surface area (Å²) in [4.78, 5) is 31.9. The van der Waals surface area contributed by atoms with Crippen LogP contribution in [0.25, 0.3) is 0 Å². The lowest BCUT2D eigenvalue weighted by atomic mass is 10.1. The number of Topliss-reactive ketones (excluding diaryl/α,β-unsaturated/α-hetero) is 2. The number of nitrogens with zero attached hydrogens (tertiary/aromatic N) is 3. The molecule has 1 aliphatic rings. The summed E-state index contributed by atoms with van der Waals surface area (Å²) in [5.41, 5.74) is 1.75. The van der Waals surface area contributed by atoms with Crippen LogP contribution in [0.3, 0.4) is 0 Å². The van der Waals surface area contributed by atoms with Crippen molar-refractivity contribution < 1.29 is 14.4 Å². The average molecular weight is 166 g/mol. The molecule has 1 unspecified atom stereocenters. The van der Waals surface area contributed by atoms with E-state index in [1.54, 1.807) is 5.43 Å². The molecule has 60 valence electrons. The molecule has 0 saturated carbocycles. The van der Waals surface area contributed by atoms with Crippen molar-refractivity contribution in [1.29, 1.82) is 5.26 Å². The second-order valence-electron chi connectivity index (χ2n) is 1.90. The third kappa shape index (κ3) is 1.17. The Bertz CT molecular complexity index is 326. The van der Waals surface area contributed by atoms with Crippen molar-refractivity contribution in [1.82, 2.24) is 5.43 Å². The molecule has 12 heavy (non-hydrogen) atoms. The van der Waals surface area contributed by atoms with Gasteiger partial charge in [-0.3, -0.25) is 14.4 Å². The van der Waals surface area contributed by atoms with E-state index in [0.29, 0.717) is 0 Å². The molecule has 7 heteroatoms. The van der Waals surface area contributed by atoms with E-state index in [4.69, 9.17) is 5.26 Å². The molecule has 1 aliphatic heterocycles. The zero-order chi connectivity index (χ0) is 9.14. The largest absolute Gasteiger partial charge is 0.311 e. The predicted octanol–water partition coefficient (Wildman–Crippen LogP) is -1.49. The van der Waals surface area contributed by atoms with Crippen molar-refractivity contribution in [2.45, 2.75) is 6.04 Å². The van der Waals surface area contributed by atoms with Crippen LogP contribution in [0.5, 0.6) is 0 Å². The summed E-state index contributed by atoms with van der Waals surface area (Å²) in [5.74, 6) is -3.17. The van der Waals surface area contributed by atoms with Crippen molar-refractivity contribution in [3.8, 4) is 6.07 Å². The molecule has 0 fully saturated rings. The Labute approximate surface area is 66.0 Å². The SMILES string of the molecule is N#CC(=O)C1N=NNC(=O)C1=O. The highest BCUT2D eigenvalue weighted by molar-refractivity contribution is 6.43. The molecule has 1 amide bonds. The van der Waals surface area contributed by atoms with Crippen LogP contribution >= 0.6 is 0 Å². The molecule has 1 rings (SSSR count). The third-order valence-electron chi connectivity index (χ3n) is 1.16. The van der Waals surface area contributed by atoms with Gasteiger partial charge in [0.2, 0.25) is 6.04 Å². The van der Waals surface area contributed by atoms with Gasteiger partial charge in [0.15, 0.2) is 0 Å². The maximum Gasteiger partial charge on any atom is 0.311 e. The van der Waals surface area contributed by atoms with Crippen LogP contribution in [0.15, 0.2) is 10.3 Å². The molecule has 0 aliphatic carbocycles. The minimum absolute atomic E-state index is 1.03. The molecule has 1 heterocycles. The predicted molar refractivity (Wildman–Crippen MR) is 32.4 cm³/mol. The summed E-state index contributed by atoms with van der Waals surface area (Å²) in [5, 5.41) is 14.2. The van der Waals surface area contributed by atoms with Gasteiger partial charge in [0.25, 0.3) is 11.6 Å². The highest BCUT2D eigenvalue weighted by Crippen LogP contribution is 2.00. The summed E-state index contributed by atoms with van der Waals surface area (Å²) in [6, 6.07) is -0.388. The first kappa shape index (κ1) is 8.00. The number of amides is 1. The molecule has 1 atom stereocenters. The third-order valence-corrected chi connectivity index (χ3v) is 1.16. The van der Waals surface area contributed by atoms with Crippen LogP contribution in [0.4, 0.5) is 0 Å². The molecule has 7 nitrogen and oxygen atoms in total. The maximum absolute atomic E-state index is 10.8. The van der Waals surface area contributed by atoms with Crippen LogP contribution in [0.1, 0.15) is 0 Å². The number of carbonyl (C=O) groups is 3. The highest BCUT2D eigenvalue weighted by atomic mass is 16.2. The molecule has 1 N–H and O–H groups in total. The van der Waals surface area contributed by atoms with Gasteiger partial charge in [-0.25, -0.2) is 5.43 Å². The van der Waals surface area contributed by atoms with Gasteiger partial charge in [-0.2, -0.15) is 5.26 Å². The number of carbonyl (C=O) groups excluding carboxylic acids is 3. The maximum atomic E-state index is 10.8. The van der Waals surface area contributed by atoms with E-state index < -0.39 is 23.5 Å². The lowest BCUT2D eigenvalue weighted by Crippen LogP contribution is -2.42. The molecule has 0 saturated heterocycles. The fraction of sp³-hybridized carbons (Fsp3) is 0.200. The van der Waals surface area contributed by atoms with Crippen LogP contribution in [-0.2, 0) is 14.4 Å². The van der Waals surface area contributed by atoms with E-state index in [0.717, 1.165) is 0 Å². The molecule has 0 radical (unpaired) electrons. The number of nitriles is 1. The fourth-order valence-electron chi connectivity index (χ4n) is 0.596. The molecular formula is C5H2N4O3. The van der Waals surface area contributed by atoms with Gasteiger partial charge in [-0.15, -0.1) is 5.11 Å². The monoisotopic (exact) mass is 166 g/mol. The first-order chi connectivity index (χ1) is 5.66. The van der Waals surface area contributed by atoms with E-state index in [2.05, 4.69) is 10.3 Å². The van der Waals surface area contributed by atoms with Crippen LogP contribution in [0.2, 0.25) is 0 Å². The van der Waals surface area contributed by atoms with Crippen LogP contribution in [-0.4, -0.2) is 23.5 Å². The smallest absolute Gasteiger partial charge is 0.286 e. The van der Waals surface area contributed by atoms with E-state index >= 15 is 0 Å². The summed E-state index contributed by atoms with van der Waals surface area (Å²) >= 11 is 0. The number of ketones is 2. The van der Waals surface area contributed by atoms with E-state index in [-0.39, 0.29) is 0 Å². The normalized spacial score (nSPS) is 21.4. The number of hydrogen-bond donors (Lipinski definition) is 1. The molecule has 0 spiro atoms. The van der Waals surface area contributed by atoms with Gasteiger partial charge in [0.05, 0.1) is 0 Å². The van der Waals surface area contributed by atoms with Crippen molar-refractivity contribution in [3.63, 3.8) is 0 Å². The summed E-state index contributed by atoms with van der Waals surface area (Å²) in [6.07, 6.45) is 0. The Morgan fingerprint density at radius 2 is 2.25 bits per heavy atom. The minimum Gasteiger partial charge on any atom is -0.286 e. The summed E-state index contributed by atoms with van der Waals surface area (Å²) < 4.78 is 0. The second kappa shape index (κ2) is 2.87. The quantitative estimate of drug-likeness (QED) is 0.290. The van der Waals surface area contributed by atoms with E-state index in [1.807, 2.05) is 0 Å². The highest BCUT2D eigenvalue weighted by Gasteiger charge is 2.34. The zero-order valence-corrected chi connectivity index (χ0v) is 5.64. The second-order valence-corrected chi connectivity index (χ2v) is 1.90. The van der Waals surface area contributed by atoms with Gasteiger partial charge in [-0.1, -0.05) is 5.22 Å². The standard InChI is InChI=1S/C5H2N4O3/c6-1-2(10)3-4(11)5(12)8-9-7-3/h3H,(H,7,8,12). The summed E-state index contributed by atoms with van der Waals surface area (Å²) in [7, 11) is 0. The first-order valence-corrected chi connectivity index (χ1v) is 2.85. The van der Waals surface area contributed by atoms with Crippen LogP contribution in [0, 0.1) is 11.3 Å². The number of nitrogens with one attached hydrogen (secondary N) is 1. The molecular weight excluding hydrogens is 164 g/mol. The Hall–Kier alpha value is -2.10. The minimum atomic E-state index is -1.58.